The lowest BCUT2D eigenvalue weighted by Crippen LogP contribution is -2.36. The highest BCUT2D eigenvalue weighted by atomic mass is 16.5. The molecule has 1 aliphatic heterocycles. The van der Waals surface area contributed by atoms with E-state index in [9.17, 15) is 0 Å². The van der Waals surface area contributed by atoms with Gasteiger partial charge < -0.3 is 15.0 Å². The second kappa shape index (κ2) is 6.64. The van der Waals surface area contributed by atoms with Gasteiger partial charge >= 0.3 is 0 Å². The van der Waals surface area contributed by atoms with Crippen LogP contribution in [0.3, 0.4) is 0 Å². The van der Waals surface area contributed by atoms with Gasteiger partial charge in [-0.25, -0.2) is 15.0 Å². The average Bonchev–Trinajstić information content (AvgIpc) is 3.07. The molecule has 0 spiro atoms. The molecule has 1 fully saturated rings. The summed E-state index contributed by atoms with van der Waals surface area (Å²) in [6.45, 7) is 7.27. The quantitative estimate of drug-likeness (QED) is 0.752. The summed E-state index contributed by atoms with van der Waals surface area (Å²) < 4.78 is 5.42. The van der Waals surface area contributed by atoms with E-state index in [0.717, 1.165) is 60.2 Å². The molecule has 2 N–H and O–H groups in total. The number of aromatic nitrogens is 5. The van der Waals surface area contributed by atoms with Crippen molar-refractivity contribution in [3.63, 3.8) is 0 Å². The number of hydrogen-bond donors (Lipinski definition) is 2. The third-order valence-corrected chi connectivity index (χ3v) is 4.13. The molecule has 0 aliphatic carbocycles. The molecule has 0 unspecified atom stereocenters. The van der Waals surface area contributed by atoms with Gasteiger partial charge in [-0.1, -0.05) is 0 Å². The zero-order valence-electron chi connectivity index (χ0n) is 14.4. The molecule has 0 aromatic carbocycles. The number of aromatic amines is 1. The summed E-state index contributed by atoms with van der Waals surface area (Å²) in [4.78, 5) is 15.5. The van der Waals surface area contributed by atoms with Gasteiger partial charge in [0.15, 0.2) is 0 Å². The first-order chi connectivity index (χ1) is 12.2. The summed E-state index contributed by atoms with van der Waals surface area (Å²) in [5, 5.41) is 11.9. The van der Waals surface area contributed by atoms with E-state index < -0.39 is 0 Å². The molecule has 8 heteroatoms. The summed E-state index contributed by atoms with van der Waals surface area (Å²) in [5.41, 5.74) is 2.49. The van der Waals surface area contributed by atoms with Gasteiger partial charge in [0, 0.05) is 31.4 Å². The Kier molecular flexibility index (Phi) is 4.19. The Morgan fingerprint density at radius 2 is 2.04 bits per heavy atom. The summed E-state index contributed by atoms with van der Waals surface area (Å²) >= 11 is 0. The van der Waals surface area contributed by atoms with Crippen molar-refractivity contribution in [2.45, 2.75) is 19.9 Å². The van der Waals surface area contributed by atoms with Crippen LogP contribution in [0.1, 0.15) is 13.8 Å². The van der Waals surface area contributed by atoms with Gasteiger partial charge in [0.1, 0.15) is 23.7 Å². The number of hydrogen-bond acceptors (Lipinski definition) is 7. The van der Waals surface area contributed by atoms with E-state index >= 15 is 0 Å². The second-order valence-corrected chi connectivity index (χ2v) is 6.31. The van der Waals surface area contributed by atoms with E-state index in [-0.39, 0.29) is 6.04 Å². The maximum Gasteiger partial charge on any atom is 0.137 e. The van der Waals surface area contributed by atoms with Crippen LogP contribution in [0.2, 0.25) is 0 Å². The minimum atomic E-state index is 0.273. The highest BCUT2D eigenvalue weighted by molar-refractivity contribution is 6.00. The maximum absolute atomic E-state index is 5.42. The fraction of sp³-hybridized carbons (Fsp3) is 0.412. The van der Waals surface area contributed by atoms with E-state index in [0.29, 0.717) is 0 Å². The number of pyridine rings is 1. The van der Waals surface area contributed by atoms with Crippen LogP contribution in [-0.4, -0.2) is 57.5 Å². The van der Waals surface area contributed by atoms with Crippen molar-refractivity contribution in [3.05, 3.63) is 24.7 Å². The average molecular weight is 339 g/mol. The molecule has 4 heterocycles. The molecule has 3 aromatic rings. The molecule has 130 valence electrons. The normalized spacial score (nSPS) is 15.1. The number of nitrogens with one attached hydrogen (secondary N) is 2. The Labute approximate surface area is 145 Å². The van der Waals surface area contributed by atoms with Crippen LogP contribution in [0.5, 0.6) is 0 Å². The third kappa shape index (κ3) is 3.12. The molecule has 4 rings (SSSR count). The molecular weight excluding hydrogens is 318 g/mol. The van der Waals surface area contributed by atoms with Gasteiger partial charge in [-0.15, -0.1) is 0 Å². The fourth-order valence-corrected chi connectivity index (χ4v) is 2.98. The van der Waals surface area contributed by atoms with E-state index in [1.54, 1.807) is 12.5 Å². The number of H-pyrrole nitrogens is 1. The first-order valence-electron chi connectivity index (χ1n) is 8.47. The van der Waals surface area contributed by atoms with E-state index in [1.165, 1.54) is 0 Å². The lowest BCUT2D eigenvalue weighted by molar-refractivity contribution is 0.122. The van der Waals surface area contributed by atoms with Crippen molar-refractivity contribution >= 4 is 22.5 Å². The van der Waals surface area contributed by atoms with Crippen LogP contribution >= 0.6 is 0 Å². The second-order valence-electron chi connectivity index (χ2n) is 6.31. The predicted octanol–water partition coefficient (Wildman–Crippen LogP) is 2.07. The van der Waals surface area contributed by atoms with Crippen LogP contribution in [0, 0.1) is 0 Å². The number of ether oxygens (including phenoxy) is 1. The topological polar surface area (TPSA) is 91.9 Å². The summed E-state index contributed by atoms with van der Waals surface area (Å²) in [7, 11) is 0. The van der Waals surface area contributed by atoms with Gasteiger partial charge in [-0.2, -0.15) is 5.10 Å². The van der Waals surface area contributed by atoms with Crippen LogP contribution in [0.15, 0.2) is 24.7 Å². The third-order valence-electron chi connectivity index (χ3n) is 4.13. The van der Waals surface area contributed by atoms with Crippen LogP contribution in [-0.2, 0) is 4.74 Å². The summed E-state index contributed by atoms with van der Waals surface area (Å²) in [6.07, 6.45) is 3.36. The van der Waals surface area contributed by atoms with Crippen LogP contribution in [0.4, 0.5) is 11.6 Å². The number of rotatable bonds is 4. The molecular formula is C17H21N7O. The fourth-order valence-electron chi connectivity index (χ4n) is 2.98. The molecule has 0 amide bonds. The maximum atomic E-state index is 5.42. The Hall–Kier alpha value is -2.74. The van der Waals surface area contributed by atoms with E-state index in [2.05, 4.69) is 49.2 Å². The molecule has 1 aliphatic rings. The molecule has 25 heavy (non-hydrogen) atoms. The minimum Gasteiger partial charge on any atom is -0.378 e. The number of anilines is 2. The van der Waals surface area contributed by atoms with E-state index in [1.807, 2.05) is 12.1 Å². The first kappa shape index (κ1) is 15.8. The van der Waals surface area contributed by atoms with Crippen molar-refractivity contribution in [1.29, 1.82) is 0 Å². The Morgan fingerprint density at radius 3 is 2.84 bits per heavy atom. The highest BCUT2D eigenvalue weighted by Crippen LogP contribution is 2.31. The highest BCUT2D eigenvalue weighted by Gasteiger charge is 2.18. The Morgan fingerprint density at radius 1 is 1.20 bits per heavy atom. The molecule has 1 saturated heterocycles. The number of morpholine rings is 1. The zero-order valence-corrected chi connectivity index (χ0v) is 14.4. The van der Waals surface area contributed by atoms with Crippen molar-refractivity contribution in [1.82, 2.24) is 25.1 Å². The largest absolute Gasteiger partial charge is 0.378 e. The molecule has 0 radical (unpaired) electrons. The minimum absolute atomic E-state index is 0.273. The van der Waals surface area contributed by atoms with Gasteiger partial charge in [0.05, 0.1) is 29.8 Å². The standard InChI is InChI=1S/C17H21N7O/c1-11(2)21-17-15-12(3-4-18-17)22-23-16(15)13-9-14(20-10-19-13)24-5-7-25-8-6-24/h3-4,9-11H,5-8H2,1-2H3,(H,18,21)(H,22,23). The molecule has 3 aromatic heterocycles. The molecule has 0 saturated carbocycles. The van der Waals surface area contributed by atoms with Crippen LogP contribution < -0.4 is 10.2 Å². The Balaban J connectivity index is 1.77. The van der Waals surface area contributed by atoms with Crippen molar-refractivity contribution < 1.29 is 4.74 Å². The smallest absolute Gasteiger partial charge is 0.137 e. The lowest BCUT2D eigenvalue weighted by Gasteiger charge is -2.27. The van der Waals surface area contributed by atoms with Crippen molar-refractivity contribution in [3.8, 4) is 11.4 Å². The monoisotopic (exact) mass is 339 g/mol. The summed E-state index contributed by atoms with van der Waals surface area (Å²) in [5.74, 6) is 1.70. The number of nitrogens with zero attached hydrogens (tertiary/aromatic N) is 5. The van der Waals surface area contributed by atoms with E-state index in [4.69, 9.17) is 4.74 Å². The van der Waals surface area contributed by atoms with Crippen molar-refractivity contribution in [2.24, 2.45) is 0 Å². The molecule has 0 atom stereocenters. The van der Waals surface area contributed by atoms with Gasteiger partial charge in [-0.3, -0.25) is 5.10 Å². The zero-order chi connectivity index (χ0) is 17.2. The molecule has 0 bridgehead atoms. The lowest BCUT2D eigenvalue weighted by atomic mass is 10.1. The first-order valence-corrected chi connectivity index (χ1v) is 8.47. The van der Waals surface area contributed by atoms with Crippen LogP contribution in [0.25, 0.3) is 22.3 Å². The SMILES string of the molecule is CC(C)Nc1nccc2[nH]nc(-c3cc(N4CCOCC4)ncn3)c12. The summed E-state index contributed by atoms with van der Waals surface area (Å²) in [6, 6.07) is 4.17. The van der Waals surface area contributed by atoms with Gasteiger partial charge in [0.25, 0.3) is 0 Å². The predicted molar refractivity (Wildman–Crippen MR) is 96.7 cm³/mol. The van der Waals surface area contributed by atoms with Gasteiger partial charge in [-0.05, 0) is 19.9 Å². The number of fused-ring (bicyclic) bond motifs is 1. The molecule has 8 nitrogen and oxygen atoms in total. The van der Waals surface area contributed by atoms with Crippen molar-refractivity contribution in [2.75, 3.05) is 36.5 Å². The Bertz CT molecular complexity index is 870. The van der Waals surface area contributed by atoms with Gasteiger partial charge in [0.2, 0.25) is 0 Å².